The molecule has 2 aromatic rings. The van der Waals surface area contributed by atoms with Gasteiger partial charge in [0.15, 0.2) is 0 Å². The summed E-state index contributed by atoms with van der Waals surface area (Å²) in [5.41, 5.74) is -0.0194. The Morgan fingerprint density at radius 1 is 1.00 bits per heavy atom. The number of aromatic nitrogens is 1. The largest absolute Gasteiger partial charge is 0.498 e. The smallest absolute Gasteiger partial charge is 0.328 e. The van der Waals surface area contributed by atoms with Crippen molar-refractivity contribution in [1.29, 1.82) is 0 Å². The first-order valence-corrected chi connectivity index (χ1v) is 8.83. The number of rotatable bonds is 5. The number of hydrogen-bond acceptors (Lipinski definition) is 5. The molecule has 2 rings (SSSR count). The lowest BCUT2D eigenvalue weighted by Crippen LogP contribution is -2.54. The summed E-state index contributed by atoms with van der Waals surface area (Å²) in [7, 11) is 1.25. The monoisotopic (exact) mass is 455 g/mol. The van der Waals surface area contributed by atoms with E-state index in [9.17, 15) is 40.7 Å². The Labute approximate surface area is 169 Å². The summed E-state index contributed by atoms with van der Waals surface area (Å²) in [6.07, 6.45) is -9.31. The highest BCUT2D eigenvalue weighted by molar-refractivity contribution is 7.16. The molecule has 1 unspecified atom stereocenters. The third-order valence-corrected chi connectivity index (χ3v) is 4.97. The molecular formula is C17H13F6N2O4S+. The van der Waals surface area contributed by atoms with Crippen LogP contribution < -0.4 is 9.57 Å². The topological polar surface area (TPSA) is 67.6 Å². The normalized spacial score (nSPS) is 12.9. The highest BCUT2D eigenvalue weighted by Gasteiger charge is 2.45. The van der Waals surface area contributed by atoms with Crippen LogP contribution >= 0.6 is 11.3 Å². The first kappa shape index (κ1) is 23.3. The van der Waals surface area contributed by atoms with E-state index in [-0.39, 0.29) is 10.6 Å². The van der Waals surface area contributed by atoms with Gasteiger partial charge < -0.3 is 4.90 Å². The molecular weight excluding hydrogens is 442 g/mol. The van der Waals surface area contributed by atoms with Crippen molar-refractivity contribution in [2.75, 3.05) is 7.05 Å². The van der Waals surface area contributed by atoms with Crippen LogP contribution in [-0.4, -0.2) is 42.0 Å². The molecule has 0 radical (unpaired) electrons. The summed E-state index contributed by atoms with van der Waals surface area (Å²) in [6.45, 7) is 1.40. The molecule has 0 spiro atoms. The van der Waals surface area contributed by atoms with E-state index in [1.165, 1.54) is 32.2 Å². The van der Waals surface area contributed by atoms with Crippen molar-refractivity contribution in [2.24, 2.45) is 0 Å². The summed E-state index contributed by atoms with van der Waals surface area (Å²) in [4.78, 5) is 39.4. The van der Waals surface area contributed by atoms with Gasteiger partial charge >= 0.3 is 18.3 Å². The molecule has 30 heavy (non-hydrogen) atoms. The minimum absolute atomic E-state index is 0.0194. The van der Waals surface area contributed by atoms with Gasteiger partial charge in [-0.25, -0.2) is 4.79 Å². The van der Waals surface area contributed by atoms with Crippen LogP contribution in [0.4, 0.5) is 26.3 Å². The third kappa shape index (κ3) is 5.14. The van der Waals surface area contributed by atoms with Crippen LogP contribution in [0.15, 0.2) is 36.5 Å². The lowest BCUT2D eigenvalue weighted by molar-refractivity contribution is -0.877. The van der Waals surface area contributed by atoms with E-state index < -0.39 is 40.9 Å². The molecule has 0 aromatic carbocycles. The molecule has 0 N–H and O–H groups in total. The van der Waals surface area contributed by atoms with Gasteiger partial charge in [-0.05, 0) is 25.1 Å². The molecule has 2 heterocycles. The van der Waals surface area contributed by atoms with E-state index in [1.807, 2.05) is 0 Å². The fraction of sp³-hybridized carbons (Fsp3) is 0.294. The second-order valence-corrected chi connectivity index (χ2v) is 6.99. The standard InChI is InChI=1S/C17H13F6N2O4S/c1-9(10-5-3-4-8-25(10)29-15(28)17(21,22)23)24(2)14(27)12-7-6-11(30-12)13(26)16(18,19)20/h3-9H,1-2H3/q+1. The van der Waals surface area contributed by atoms with Crippen molar-refractivity contribution >= 4 is 29.0 Å². The SMILES string of the molecule is CC(c1cccc[n+]1OC(=O)C(F)(F)F)N(C)C(=O)c1ccc(C(=O)C(F)(F)F)s1. The summed E-state index contributed by atoms with van der Waals surface area (Å²) in [5.74, 6) is -5.36. The summed E-state index contributed by atoms with van der Waals surface area (Å²) in [5, 5.41) is 0. The van der Waals surface area contributed by atoms with E-state index >= 15 is 0 Å². The summed E-state index contributed by atoms with van der Waals surface area (Å²) >= 11 is 0.333. The van der Waals surface area contributed by atoms with Crippen molar-refractivity contribution < 1.29 is 50.3 Å². The molecule has 13 heteroatoms. The van der Waals surface area contributed by atoms with Crippen molar-refractivity contribution in [3.8, 4) is 0 Å². The minimum atomic E-state index is -5.25. The molecule has 162 valence electrons. The predicted molar refractivity (Wildman–Crippen MR) is 89.5 cm³/mol. The van der Waals surface area contributed by atoms with Gasteiger partial charge in [0.2, 0.25) is 6.20 Å². The number of ketones is 1. The van der Waals surface area contributed by atoms with Crippen molar-refractivity contribution in [2.45, 2.75) is 25.3 Å². The van der Waals surface area contributed by atoms with Gasteiger partial charge in [-0.3, -0.25) is 9.59 Å². The van der Waals surface area contributed by atoms with Crippen LogP contribution in [0, 0.1) is 0 Å². The Kier molecular flexibility index (Phi) is 6.54. The summed E-state index contributed by atoms with van der Waals surface area (Å²) < 4.78 is 75.5. The highest BCUT2D eigenvalue weighted by Crippen LogP contribution is 2.28. The number of nitrogens with zero attached hydrogens (tertiary/aromatic N) is 2. The lowest BCUT2D eigenvalue weighted by Gasteiger charge is -2.22. The van der Waals surface area contributed by atoms with E-state index in [1.54, 1.807) is 0 Å². The van der Waals surface area contributed by atoms with Gasteiger partial charge in [0.25, 0.3) is 17.4 Å². The molecule has 0 saturated carbocycles. The molecule has 0 aliphatic carbocycles. The van der Waals surface area contributed by atoms with Crippen molar-refractivity contribution in [3.63, 3.8) is 0 Å². The van der Waals surface area contributed by atoms with Gasteiger partial charge in [-0.15, -0.1) is 11.3 Å². The Hall–Kier alpha value is -2.96. The number of amides is 1. The summed E-state index contributed by atoms with van der Waals surface area (Å²) in [6, 6.07) is 4.95. The van der Waals surface area contributed by atoms with Gasteiger partial charge in [-0.2, -0.15) is 31.2 Å². The van der Waals surface area contributed by atoms with Crippen molar-refractivity contribution in [3.05, 3.63) is 52.0 Å². The van der Waals surface area contributed by atoms with Gasteiger partial charge in [-0.1, -0.05) is 0 Å². The van der Waals surface area contributed by atoms with Crippen LogP contribution in [0.5, 0.6) is 0 Å². The van der Waals surface area contributed by atoms with Gasteiger partial charge in [0.05, 0.1) is 9.75 Å². The predicted octanol–water partition coefficient (Wildman–Crippen LogP) is 3.13. The third-order valence-electron chi connectivity index (χ3n) is 3.89. The Morgan fingerprint density at radius 3 is 2.17 bits per heavy atom. The highest BCUT2D eigenvalue weighted by atomic mass is 32.1. The number of hydrogen-bond donors (Lipinski definition) is 0. The first-order chi connectivity index (χ1) is 13.7. The van der Waals surface area contributed by atoms with Crippen molar-refractivity contribution in [1.82, 2.24) is 4.90 Å². The zero-order valence-electron chi connectivity index (χ0n) is 15.2. The van der Waals surface area contributed by atoms with Crippen LogP contribution in [0.2, 0.25) is 0 Å². The van der Waals surface area contributed by atoms with E-state index in [0.29, 0.717) is 16.1 Å². The molecule has 0 saturated heterocycles. The molecule has 1 atom stereocenters. The number of halogens is 6. The molecule has 6 nitrogen and oxygen atoms in total. The number of pyridine rings is 1. The van der Waals surface area contributed by atoms with Gasteiger partial charge in [0, 0.05) is 23.9 Å². The second-order valence-electron chi connectivity index (χ2n) is 5.91. The zero-order valence-corrected chi connectivity index (χ0v) is 16.1. The number of Topliss-reactive ketones (excluding diaryl/α,β-unsaturated/α-hetero) is 1. The van der Waals surface area contributed by atoms with E-state index in [4.69, 9.17) is 0 Å². The Balaban J connectivity index is 2.25. The fourth-order valence-electron chi connectivity index (χ4n) is 2.25. The number of carbonyl (C=O) groups excluding carboxylic acids is 3. The maximum absolute atomic E-state index is 12.6. The van der Waals surface area contributed by atoms with E-state index in [2.05, 4.69) is 4.84 Å². The number of carbonyl (C=O) groups is 3. The molecule has 1 amide bonds. The molecule has 2 aromatic heterocycles. The maximum Gasteiger partial charge on any atom is 0.498 e. The quantitative estimate of drug-likeness (QED) is 0.395. The van der Waals surface area contributed by atoms with Crippen LogP contribution in [0.1, 0.15) is 38.0 Å². The lowest BCUT2D eigenvalue weighted by atomic mass is 10.2. The average molecular weight is 455 g/mol. The first-order valence-electron chi connectivity index (χ1n) is 8.02. The van der Waals surface area contributed by atoms with Crippen LogP contribution in [0.25, 0.3) is 0 Å². The fourth-order valence-corrected chi connectivity index (χ4v) is 3.20. The Morgan fingerprint density at radius 2 is 1.60 bits per heavy atom. The van der Waals surface area contributed by atoms with Crippen LogP contribution in [0.3, 0.4) is 0 Å². The number of thiophene rings is 1. The molecule has 0 aliphatic heterocycles. The molecule has 0 fully saturated rings. The maximum atomic E-state index is 12.6. The second kappa shape index (κ2) is 8.42. The molecule has 0 bridgehead atoms. The van der Waals surface area contributed by atoms with Crippen LogP contribution in [-0.2, 0) is 4.79 Å². The Bertz CT molecular complexity index is 970. The minimum Gasteiger partial charge on any atom is -0.328 e. The average Bonchev–Trinajstić information content (AvgIpc) is 3.14. The zero-order chi connectivity index (χ0) is 22.9. The van der Waals surface area contributed by atoms with Gasteiger partial charge in [0.1, 0.15) is 6.04 Å². The number of alkyl halides is 6. The molecule has 0 aliphatic rings. The van der Waals surface area contributed by atoms with E-state index in [0.717, 1.165) is 23.2 Å².